The predicted molar refractivity (Wildman–Crippen MR) is 133 cm³/mol. The molecule has 2 heterocycles. The van der Waals surface area contributed by atoms with Gasteiger partial charge < -0.3 is 15.4 Å². The molecular formula is C26H28N4OS. The Morgan fingerprint density at radius 1 is 0.906 bits per heavy atom. The van der Waals surface area contributed by atoms with Crippen LogP contribution in [-0.4, -0.2) is 16.5 Å². The van der Waals surface area contributed by atoms with Crippen LogP contribution in [0.3, 0.4) is 0 Å². The van der Waals surface area contributed by atoms with Crippen molar-refractivity contribution in [3.05, 3.63) is 89.4 Å². The highest BCUT2D eigenvalue weighted by molar-refractivity contribution is 7.15. The lowest BCUT2D eigenvalue weighted by molar-refractivity contribution is 0.306. The standard InChI is InChI=1S/C26H28N4OS/c1-2-3-16-27-26-28-17-15-25(30-26)29-18-23-13-14-24(32-23)21-9-11-22(12-10-21)31-19-20-7-5-4-6-8-20/h4-15,17H,2-3,16,18-19H2,1H3,(H2,27,28,29,30). The maximum atomic E-state index is 5.89. The van der Waals surface area contributed by atoms with Crippen molar-refractivity contribution in [2.45, 2.75) is 32.9 Å². The largest absolute Gasteiger partial charge is 0.489 e. The van der Waals surface area contributed by atoms with Crippen LogP contribution in [0.5, 0.6) is 5.75 Å². The third kappa shape index (κ3) is 6.31. The lowest BCUT2D eigenvalue weighted by Crippen LogP contribution is -2.07. The molecule has 164 valence electrons. The van der Waals surface area contributed by atoms with Gasteiger partial charge in [-0.3, -0.25) is 0 Å². The molecule has 0 amide bonds. The van der Waals surface area contributed by atoms with Gasteiger partial charge in [-0.1, -0.05) is 43.7 Å². The number of rotatable bonds is 11. The minimum absolute atomic E-state index is 0.577. The van der Waals surface area contributed by atoms with Crippen LogP contribution >= 0.6 is 11.3 Å². The molecule has 0 fully saturated rings. The van der Waals surface area contributed by atoms with Crippen LogP contribution < -0.4 is 15.4 Å². The average molecular weight is 445 g/mol. The van der Waals surface area contributed by atoms with Crippen molar-refractivity contribution in [1.29, 1.82) is 0 Å². The van der Waals surface area contributed by atoms with Gasteiger partial charge in [-0.25, -0.2) is 4.98 Å². The predicted octanol–water partition coefficient (Wildman–Crippen LogP) is 6.61. The van der Waals surface area contributed by atoms with Crippen molar-refractivity contribution in [1.82, 2.24) is 9.97 Å². The number of hydrogen-bond donors (Lipinski definition) is 2. The Hall–Kier alpha value is -3.38. The lowest BCUT2D eigenvalue weighted by Gasteiger charge is -2.07. The first-order valence-electron chi connectivity index (χ1n) is 11.0. The monoisotopic (exact) mass is 444 g/mol. The molecule has 32 heavy (non-hydrogen) atoms. The smallest absolute Gasteiger partial charge is 0.224 e. The van der Waals surface area contributed by atoms with E-state index in [1.807, 2.05) is 36.4 Å². The summed E-state index contributed by atoms with van der Waals surface area (Å²) >= 11 is 1.78. The number of benzene rings is 2. The van der Waals surface area contributed by atoms with E-state index in [0.717, 1.165) is 37.5 Å². The first-order valence-corrected chi connectivity index (χ1v) is 11.8. The molecule has 0 saturated heterocycles. The topological polar surface area (TPSA) is 59.1 Å². The highest BCUT2D eigenvalue weighted by Crippen LogP contribution is 2.30. The molecular weight excluding hydrogens is 416 g/mol. The molecule has 0 radical (unpaired) electrons. The fraction of sp³-hybridized carbons (Fsp3) is 0.231. The van der Waals surface area contributed by atoms with E-state index in [1.54, 1.807) is 17.5 Å². The van der Waals surface area contributed by atoms with Crippen LogP contribution in [0.25, 0.3) is 10.4 Å². The van der Waals surface area contributed by atoms with E-state index in [0.29, 0.717) is 12.6 Å². The van der Waals surface area contributed by atoms with Gasteiger partial charge in [0.2, 0.25) is 5.95 Å². The van der Waals surface area contributed by atoms with Crippen molar-refractivity contribution >= 4 is 23.1 Å². The number of aromatic nitrogens is 2. The summed E-state index contributed by atoms with van der Waals surface area (Å²) in [6, 6.07) is 24.7. The highest BCUT2D eigenvalue weighted by Gasteiger charge is 2.05. The van der Waals surface area contributed by atoms with E-state index in [1.165, 1.54) is 20.9 Å². The summed E-state index contributed by atoms with van der Waals surface area (Å²) in [4.78, 5) is 11.3. The molecule has 2 N–H and O–H groups in total. The van der Waals surface area contributed by atoms with Gasteiger partial charge in [-0.2, -0.15) is 4.98 Å². The summed E-state index contributed by atoms with van der Waals surface area (Å²) in [6.07, 6.45) is 4.04. The maximum absolute atomic E-state index is 5.89. The molecule has 2 aromatic heterocycles. The molecule has 0 aliphatic rings. The average Bonchev–Trinajstić information content (AvgIpc) is 3.32. The summed E-state index contributed by atoms with van der Waals surface area (Å²) in [5.74, 6) is 2.38. The van der Waals surface area contributed by atoms with E-state index >= 15 is 0 Å². The molecule has 2 aromatic carbocycles. The zero-order valence-electron chi connectivity index (χ0n) is 18.3. The molecule has 5 nitrogen and oxygen atoms in total. The molecule has 0 spiro atoms. The maximum Gasteiger partial charge on any atom is 0.224 e. The van der Waals surface area contributed by atoms with Gasteiger partial charge in [0.05, 0.1) is 6.54 Å². The molecule has 4 aromatic rings. The van der Waals surface area contributed by atoms with Crippen molar-refractivity contribution in [2.75, 3.05) is 17.2 Å². The van der Waals surface area contributed by atoms with Crippen molar-refractivity contribution < 1.29 is 4.74 Å². The SMILES string of the molecule is CCCCNc1nccc(NCc2ccc(-c3ccc(OCc4ccccc4)cc3)s2)n1. The summed E-state index contributed by atoms with van der Waals surface area (Å²) < 4.78 is 5.89. The number of nitrogens with one attached hydrogen (secondary N) is 2. The van der Waals surface area contributed by atoms with Crippen LogP contribution in [0.15, 0.2) is 79.0 Å². The van der Waals surface area contributed by atoms with E-state index in [2.05, 4.69) is 63.9 Å². The zero-order valence-corrected chi connectivity index (χ0v) is 19.1. The van der Waals surface area contributed by atoms with Gasteiger partial charge in [-0.05, 0) is 60.0 Å². The molecule has 0 aliphatic carbocycles. The Morgan fingerprint density at radius 2 is 1.75 bits per heavy atom. The van der Waals surface area contributed by atoms with Crippen molar-refractivity contribution in [3.8, 4) is 16.2 Å². The second-order valence-electron chi connectivity index (χ2n) is 7.46. The van der Waals surface area contributed by atoms with Gasteiger partial charge in [0.1, 0.15) is 18.2 Å². The number of unbranched alkanes of at least 4 members (excludes halogenated alkanes) is 1. The van der Waals surface area contributed by atoms with Gasteiger partial charge >= 0.3 is 0 Å². The van der Waals surface area contributed by atoms with Crippen LogP contribution in [0.2, 0.25) is 0 Å². The molecule has 0 saturated carbocycles. The van der Waals surface area contributed by atoms with Crippen LogP contribution in [0.1, 0.15) is 30.2 Å². The summed E-state index contributed by atoms with van der Waals surface area (Å²) in [5.41, 5.74) is 2.36. The Morgan fingerprint density at radius 3 is 2.56 bits per heavy atom. The minimum atomic E-state index is 0.577. The minimum Gasteiger partial charge on any atom is -0.489 e. The molecule has 0 bridgehead atoms. The highest BCUT2D eigenvalue weighted by atomic mass is 32.1. The van der Waals surface area contributed by atoms with Crippen LogP contribution in [0, 0.1) is 0 Å². The van der Waals surface area contributed by atoms with E-state index < -0.39 is 0 Å². The summed E-state index contributed by atoms with van der Waals surface area (Å²) in [5, 5.41) is 6.66. The first-order chi connectivity index (χ1) is 15.8. The second kappa shape index (κ2) is 11.3. The van der Waals surface area contributed by atoms with Gasteiger partial charge in [-0.15, -0.1) is 11.3 Å². The van der Waals surface area contributed by atoms with Gasteiger partial charge in [0.25, 0.3) is 0 Å². The summed E-state index contributed by atoms with van der Waals surface area (Å²) in [6.45, 7) is 4.37. The zero-order chi connectivity index (χ0) is 22.0. The quantitative estimate of drug-likeness (QED) is 0.255. The second-order valence-corrected chi connectivity index (χ2v) is 8.63. The molecule has 0 aliphatic heterocycles. The fourth-order valence-corrected chi connectivity index (χ4v) is 4.13. The fourth-order valence-electron chi connectivity index (χ4n) is 3.18. The van der Waals surface area contributed by atoms with E-state index in [-0.39, 0.29) is 0 Å². The number of ether oxygens (including phenoxy) is 1. The number of thiophene rings is 1. The third-order valence-electron chi connectivity index (χ3n) is 4.96. The Balaban J connectivity index is 1.30. The Kier molecular flexibility index (Phi) is 7.71. The molecule has 0 atom stereocenters. The van der Waals surface area contributed by atoms with Crippen LogP contribution in [0.4, 0.5) is 11.8 Å². The first kappa shape index (κ1) is 21.8. The van der Waals surface area contributed by atoms with Gasteiger partial charge in [0.15, 0.2) is 0 Å². The lowest BCUT2D eigenvalue weighted by atomic mass is 10.2. The van der Waals surface area contributed by atoms with E-state index in [9.17, 15) is 0 Å². The molecule has 0 unspecified atom stereocenters. The Bertz CT molecular complexity index is 1100. The van der Waals surface area contributed by atoms with Crippen molar-refractivity contribution in [2.24, 2.45) is 0 Å². The number of hydrogen-bond acceptors (Lipinski definition) is 6. The molecule has 6 heteroatoms. The number of anilines is 2. The van der Waals surface area contributed by atoms with E-state index in [4.69, 9.17) is 4.74 Å². The third-order valence-corrected chi connectivity index (χ3v) is 6.10. The van der Waals surface area contributed by atoms with Crippen LogP contribution in [-0.2, 0) is 13.2 Å². The molecule has 4 rings (SSSR count). The Labute approximate surface area is 193 Å². The van der Waals surface area contributed by atoms with Gasteiger partial charge in [0, 0.05) is 22.5 Å². The number of nitrogens with zero attached hydrogens (tertiary/aromatic N) is 2. The van der Waals surface area contributed by atoms with Crippen molar-refractivity contribution in [3.63, 3.8) is 0 Å². The summed E-state index contributed by atoms with van der Waals surface area (Å²) in [7, 11) is 0. The normalized spacial score (nSPS) is 10.7.